The molecule has 2 N–H and O–H groups in total. The van der Waals surface area contributed by atoms with Gasteiger partial charge in [-0.3, -0.25) is 5.10 Å². The van der Waals surface area contributed by atoms with Crippen molar-refractivity contribution in [2.45, 2.75) is 0 Å². The summed E-state index contributed by atoms with van der Waals surface area (Å²) < 4.78 is 10.8. The number of benzene rings is 2. The van der Waals surface area contributed by atoms with Crippen LogP contribution in [0.1, 0.15) is 5.69 Å². The molecule has 0 fully saturated rings. The third kappa shape index (κ3) is 3.93. The number of anilines is 2. The molecule has 30 heavy (non-hydrogen) atoms. The lowest BCUT2D eigenvalue weighted by atomic mass is 10.0. The molecule has 4 rings (SSSR count). The molecule has 0 unspecified atom stereocenters. The Labute approximate surface area is 173 Å². The van der Waals surface area contributed by atoms with Gasteiger partial charge >= 0.3 is 0 Å². The second kappa shape index (κ2) is 8.37. The molecule has 0 aliphatic carbocycles. The molecule has 0 saturated carbocycles. The highest BCUT2D eigenvalue weighted by Gasteiger charge is 2.09. The number of H-pyrrole nitrogens is 1. The van der Waals surface area contributed by atoms with Crippen LogP contribution in [0, 0.1) is 11.3 Å². The molecule has 0 aliphatic rings. The van der Waals surface area contributed by atoms with E-state index in [2.05, 4.69) is 20.5 Å². The van der Waals surface area contributed by atoms with Gasteiger partial charge in [0.2, 0.25) is 0 Å². The normalized spacial score (nSPS) is 10.3. The summed E-state index contributed by atoms with van der Waals surface area (Å²) in [5.74, 6) is 2.24. The fourth-order valence-electron chi connectivity index (χ4n) is 3.08. The second-order valence-corrected chi connectivity index (χ2v) is 6.48. The van der Waals surface area contributed by atoms with Crippen LogP contribution in [0.4, 0.5) is 11.5 Å². The van der Waals surface area contributed by atoms with Crippen molar-refractivity contribution in [3.8, 4) is 40.0 Å². The standard InChI is InChI=1S/C23H19N5O2/c1-29-19-9-10-20(22(11-19)30-2)15-3-5-16(6-4-15)21-12-23(28-27-21)26-18-8-7-17(13-24)25-14-18/h3-12,14H,1-2H3,(H2,26,27,28). The lowest BCUT2D eigenvalue weighted by molar-refractivity contribution is 0.395. The smallest absolute Gasteiger partial charge is 0.140 e. The van der Waals surface area contributed by atoms with E-state index in [0.29, 0.717) is 5.69 Å². The lowest BCUT2D eigenvalue weighted by Gasteiger charge is -2.11. The Morgan fingerprint density at radius 1 is 0.933 bits per heavy atom. The highest BCUT2D eigenvalue weighted by atomic mass is 16.5. The number of pyridine rings is 1. The Bertz CT molecular complexity index is 1190. The zero-order chi connectivity index (χ0) is 20.9. The van der Waals surface area contributed by atoms with Gasteiger partial charge in [0, 0.05) is 23.3 Å². The van der Waals surface area contributed by atoms with Gasteiger partial charge in [0.15, 0.2) is 0 Å². The maximum Gasteiger partial charge on any atom is 0.140 e. The van der Waals surface area contributed by atoms with Crippen molar-refractivity contribution in [1.82, 2.24) is 15.2 Å². The van der Waals surface area contributed by atoms with E-state index >= 15 is 0 Å². The van der Waals surface area contributed by atoms with Gasteiger partial charge in [-0.2, -0.15) is 10.4 Å². The quantitative estimate of drug-likeness (QED) is 0.486. The van der Waals surface area contributed by atoms with Crippen LogP contribution in [0.25, 0.3) is 22.4 Å². The first-order chi connectivity index (χ1) is 14.7. The first kappa shape index (κ1) is 19.0. The largest absolute Gasteiger partial charge is 0.497 e. The molecule has 4 aromatic rings. The van der Waals surface area contributed by atoms with Gasteiger partial charge in [0.05, 0.1) is 31.8 Å². The minimum Gasteiger partial charge on any atom is -0.497 e. The van der Waals surface area contributed by atoms with Crippen molar-refractivity contribution >= 4 is 11.5 Å². The number of nitrogens with one attached hydrogen (secondary N) is 2. The molecule has 0 bridgehead atoms. The lowest BCUT2D eigenvalue weighted by Crippen LogP contribution is -1.92. The van der Waals surface area contributed by atoms with E-state index in [9.17, 15) is 0 Å². The zero-order valence-electron chi connectivity index (χ0n) is 16.5. The first-order valence-electron chi connectivity index (χ1n) is 9.21. The van der Waals surface area contributed by atoms with Crippen molar-refractivity contribution in [1.29, 1.82) is 5.26 Å². The third-order valence-electron chi connectivity index (χ3n) is 4.64. The molecule has 2 aromatic carbocycles. The Kier molecular flexibility index (Phi) is 5.31. The number of methoxy groups -OCH3 is 2. The van der Waals surface area contributed by atoms with E-state index in [1.807, 2.05) is 54.6 Å². The van der Waals surface area contributed by atoms with E-state index in [-0.39, 0.29) is 0 Å². The SMILES string of the molecule is COc1ccc(-c2ccc(-c3cc(Nc4ccc(C#N)nc4)[nH]n3)cc2)c(OC)c1. The fourth-order valence-corrected chi connectivity index (χ4v) is 3.08. The molecule has 2 aromatic heterocycles. The minimum absolute atomic E-state index is 0.374. The summed E-state index contributed by atoms with van der Waals surface area (Å²) >= 11 is 0. The molecule has 0 radical (unpaired) electrons. The number of nitrogens with zero attached hydrogens (tertiary/aromatic N) is 3. The van der Waals surface area contributed by atoms with Gasteiger partial charge in [-0.05, 0) is 29.8 Å². The number of hydrogen-bond acceptors (Lipinski definition) is 6. The molecule has 0 aliphatic heterocycles. The minimum atomic E-state index is 0.374. The van der Waals surface area contributed by atoms with E-state index in [1.54, 1.807) is 32.5 Å². The Morgan fingerprint density at radius 3 is 2.40 bits per heavy atom. The van der Waals surface area contributed by atoms with Gasteiger partial charge in [0.25, 0.3) is 0 Å². The molecule has 0 amide bonds. The van der Waals surface area contributed by atoms with E-state index in [0.717, 1.165) is 45.4 Å². The number of nitriles is 1. The predicted octanol–water partition coefficient (Wildman–Crippen LogP) is 4.77. The number of aromatic amines is 1. The van der Waals surface area contributed by atoms with Crippen LogP contribution in [0.5, 0.6) is 11.5 Å². The Hall–Kier alpha value is -4.31. The molecule has 148 valence electrons. The van der Waals surface area contributed by atoms with Crippen molar-refractivity contribution in [2.24, 2.45) is 0 Å². The van der Waals surface area contributed by atoms with Crippen LogP contribution < -0.4 is 14.8 Å². The van der Waals surface area contributed by atoms with Crippen LogP contribution in [-0.2, 0) is 0 Å². The number of hydrogen-bond donors (Lipinski definition) is 2. The average molecular weight is 397 g/mol. The maximum atomic E-state index is 8.83. The summed E-state index contributed by atoms with van der Waals surface area (Å²) in [4.78, 5) is 4.05. The molecule has 2 heterocycles. The van der Waals surface area contributed by atoms with Crippen LogP contribution in [0.2, 0.25) is 0 Å². The van der Waals surface area contributed by atoms with E-state index in [4.69, 9.17) is 14.7 Å². The summed E-state index contributed by atoms with van der Waals surface area (Å²) in [6.07, 6.45) is 1.61. The molecular weight excluding hydrogens is 378 g/mol. The monoisotopic (exact) mass is 397 g/mol. The van der Waals surface area contributed by atoms with Crippen LogP contribution >= 0.6 is 0 Å². The molecule has 7 nitrogen and oxygen atoms in total. The molecule has 0 atom stereocenters. The van der Waals surface area contributed by atoms with Gasteiger partial charge in [0.1, 0.15) is 29.1 Å². The van der Waals surface area contributed by atoms with Crippen LogP contribution in [0.3, 0.4) is 0 Å². The first-order valence-corrected chi connectivity index (χ1v) is 9.21. The summed E-state index contributed by atoms with van der Waals surface area (Å²) in [6.45, 7) is 0. The molecular formula is C23H19N5O2. The summed E-state index contributed by atoms with van der Waals surface area (Å²) in [6, 6.07) is 21.2. The third-order valence-corrected chi connectivity index (χ3v) is 4.64. The average Bonchev–Trinajstić information content (AvgIpc) is 3.27. The van der Waals surface area contributed by atoms with Gasteiger partial charge in [-0.15, -0.1) is 0 Å². The van der Waals surface area contributed by atoms with Crippen LogP contribution in [-0.4, -0.2) is 29.4 Å². The van der Waals surface area contributed by atoms with Gasteiger partial charge in [-0.1, -0.05) is 24.3 Å². The van der Waals surface area contributed by atoms with E-state index in [1.165, 1.54) is 0 Å². The molecule has 7 heteroatoms. The highest BCUT2D eigenvalue weighted by Crippen LogP contribution is 2.34. The van der Waals surface area contributed by atoms with E-state index < -0.39 is 0 Å². The summed E-state index contributed by atoms with van der Waals surface area (Å²) in [7, 11) is 3.28. The topological polar surface area (TPSA) is 95.8 Å². The Morgan fingerprint density at radius 2 is 1.73 bits per heavy atom. The zero-order valence-corrected chi connectivity index (χ0v) is 16.5. The van der Waals surface area contributed by atoms with Crippen molar-refractivity contribution < 1.29 is 9.47 Å². The van der Waals surface area contributed by atoms with Crippen molar-refractivity contribution in [2.75, 3.05) is 19.5 Å². The fraction of sp³-hybridized carbons (Fsp3) is 0.0870. The molecule has 0 spiro atoms. The number of aromatic nitrogens is 3. The van der Waals surface area contributed by atoms with Gasteiger partial charge in [-0.25, -0.2) is 4.98 Å². The second-order valence-electron chi connectivity index (χ2n) is 6.48. The number of ether oxygens (including phenoxy) is 2. The van der Waals surface area contributed by atoms with Crippen LogP contribution in [0.15, 0.2) is 66.9 Å². The maximum absolute atomic E-state index is 8.83. The van der Waals surface area contributed by atoms with Gasteiger partial charge < -0.3 is 14.8 Å². The van der Waals surface area contributed by atoms with Crippen molar-refractivity contribution in [3.63, 3.8) is 0 Å². The molecule has 0 saturated heterocycles. The highest BCUT2D eigenvalue weighted by molar-refractivity contribution is 5.75. The Balaban J connectivity index is 1.53. The van der Waals surface area contributed by atoms with Crippen molar-refractivity contribution in [3.05, 3.63) is 72.6 Å². The summed E-state index contributed by atoms with van der Waals surface area (Å²) in [5.41, 5.74) is 4.96. The number of rotatable bonds is 6. The predicted molar refractivity (Wildman–Crippen MR) is 115 cm³/mol. The summed E-state index contributed by atoms with van der Waals surface area (Å²) in [5, 5.41) is 19.4.